The maximum Gasteiger partial charge on any atom is 0.243 e. The molecule has 3 rings (SSSR count). The first-order chi connectivity index (χ1) is 14.5. The summed E-state index contributed by atoms with van der Waals surface area (Å²) < 4.78 is 54.3. The van der Waals surface area contributed by atoms with Gasteiger partial charge in [0.15, 0.2) is 0 Å². The van der Waals surface area contributed by atoms with Gasteiger partial charge < -0.3 is 5.32 Å². The van der Waals surface area contributed by atoms with E-state index in [-0.39, 0.29) is 47.2 Å². The van der Waals surface area contributed by atoms with Crippen LogP contribution < -0.4 is 5.32 Å². The minimum atomic E-state index is -3.82. The van der Waals surface area contributed by atoms with Gasteiger partial charge in [-0.3, -0.25) is 4.79 Å². The van der Waals surface area contributed by atoms with Crippen LogP contribution in [0.5, 0.6) is 0 Å². The van der Waals surface area contributed by atoms with Crippen molar-refractivity contribution in [3.63, 3.8) is 0 Å². The molecule has 0 aliphatic carbocycles. The van der Waals surface area contributed by atoms with Crippen molar-refractivity contribution >= 4 is 27.5 Å². The van der Waals surface area contributed by atoms with Crippen LogP contribution in [0.1, 0.15) is 32.3 Å². The number of amides is 1. The number of hydrogen-bond donors (Lipinski definition) is 1. The van der Waals surface area contributed by atoms with Crippen molar-refractivity contribution in [1.29, 1.82) is 0 Å². The molecule has 0 radical (unpaired) electrons. The average molecular weight is 471 g/mol. The lowest BCUT2D eigenvalue weighted by Crippen LogP contribution is -2.45. The molecule has 1 heterocycles. The Bertz CT molecular complexity index is 1070. The van der Waals surface area contributed by atoms with E-state index in [1.165, 1.54) is 16.4 Å². The zero-order chi connectivity index (χ0) is 22.8. The number of carbonyl (C=O) groups excluding carboxylic acids is 1. The summed E-state index contributed by atoms with van der Waals surface area (Å²) in [5, 5.41) is 2.63. The maximum absolute atomic E-state index is 14.1. The third-order valence-corrected chi connectivity index (χ3v) is 7.85. The molecule has 1 saturated heterocycles. The number of halogens is 3. The molecule has 0 aromatic heterocycles. The fraction of sp³-hybridized carbons (Fsp3) is 0.409. The topological polar surface area (TPSA) is 66.5 Å². The van der Waals surface area contributed by atoms with Gasteiger partial charge in [0.2, 0.25) is 15.9 Å². The number of nitrogens with one attached hydrogen (secondary N) is 1. The van der Waals surface area contributed by atoms with E-state index in [9.17, 15) is 22.0 Å². The van der Waals surface area contributed by atoms with Crippen LogP contribution in [0.3, 0.4) is 0 Å². The third kappa shape index (κ3) is 5.25. The van der Waals surface area contributed by atoms with E-state index < -0.39 is 21.3 Å². The summed E-state index contributed by atoms with van der Waals surface area (Å²) in [6, 6.07) is 9.76. The Hall–Kier alpha value is -2.03. The monoisotopic (exact) mass is 470 g/mol. The van der Waals surface area contributed by atoms with Crippen molar-refractivity contribution in [2.75, 3.05) is 19.6 Å². The van der Waals surface area contributed by atoms with E-state index in [1.54, 1.807) is 18.2 Å². The Labute approximate surface area is 186 Å². The summed E-state index contributed by atoms with van der Waals surface area (Å²) in [7, 11) is -3.82. The number of piperidine rings is 1. The van der Waals surface area contributed by atoms with Gasteiger partial charge in [-0.2, -0.15) is 4.31 Å². The van der Waals surface area contributed by atoms with Gasteiger partial charge in [0.05, 0.1) is 9.92 Å². The van der Waals surface area contributed by atoms with E-state index in [0.29, 0.717) is 18.4 Å². The zero-order valence-corrected chi connectivity index (χ0v) is 18.9. The molecule has 1 N–H and O–H groups in total. The molecule has 0 spiro atoms. The maximum atomic E-state index is 14.1. The number of nitrogens with zero attached hydrogens (tertiary/aromatic N) is 1. The molecule has 1 fully saturated rings. The minimum absolute atomic E-state index is 0.0755. The highest BCUT2D eigenvalue weighted by molar-refractivity contribution is 7.89. The quantitative estimate of drug-likeness (QED) is 0.690. The Balaban J connectivity index is 1.58. The van der Waals surface area contributed by atoms with Crippen LogP contribution in [0.4, 0.5) is 8.78 Å². The third-order valence-electron chi connectivity index (χ3n) is 5.66. The molecule has 0 saturated carbocycles. The Morgan fingerprint density at radius 2 is 1.77 bits per heavy atom. The number of hydrogen-bond acceptors (Lipinski definition) is 3. The molecule has 31 heavy (non-hydrogen) atoms. The van der Waals surface area contributed by atoms with E-state index in [1.807, 2.05) is 13.8 Å². The molecule has 9 heteroatoms. The molecule has 2 aromatic rings. The lowest BCUT2D eigenvalue weighted by Gasteiger charge is -2.32. The molecule has 1 amide bonds. The van der Waals surface area contributed by atoms with Gasteiger partial charge in [0.25, 0.3) is 0 Å². The summed E-state index contributed by atoms with van der Waals surface area (Å²) in [5.74, 6) is -1.51. The summed E-state index contributed by atoms with van der Waals surface area (Å²) >= 11 is 5.71. The smallest absolute Gasteiger partial charge is 0.243 e. The van der Waals surface area contributed by atoms with Gasteiger partial charge >= 0.3 is 0 Å². The van der Waals surface area contributed by atoms with E-state index in [0.717, 1.165) is 12.1 Å². The first-order valence-corrected chi connectivity index (χ1v) is 11.8. The number of sulfonamides is 1. The number of rotatable bonds is 6. The van der Waals surface area contributed by atoms with Crippen LogP contribution in [-0.4, -0.2) is 38.3 Å². The van der Waals surface area contributed by atoms with Crippen molar-refractivity contribution in [2.45, 2.75) is 37.0 Å². The summed E-state index contributed by atoms with van der Waals surface area (Å²) in [4.78, 5) is 12.6. The van der Waals surface area contributed by atoms with Crippen molar-refractivity contribution < 1.29 is 22.0 Å². The molecule has 1 aliphatic rings. The molecule has 0 bridgehead atoms. The Morgan fingerprint density at radius 3 is 2.39 bits per heavy atom. The van der Waals surface area contributed by atoms with E-state index >= 15 is 0 Å². The van der Waals surface area contributed by atoms with Gasteiger partial charge in [-0.15, -0.1) is 0 Å². The fourth-order valence-corrected chi connectivity index (χ4v) is 5.44. The highest BCUT2D eigenvalue weighted by atomic mass is 35.5. The van der Waals surface area contributed by atoms with Gasteiger partial charge in [0.1, 0.15) is 11.6 Å². The van der Waals surface area contributed by atoms with Crippen molar-refractivity contribution in [2.24, 2.45) is 5.92 Å². The van der Waals surface area contributed by atoms with Crippen molar-refractivity contribution in [3.8, 4) is 0 Å². The van der Waals surface area contributed by atoms with E-state index in [4.69, 9.17) is 11.6 Å². The van der Waals surface area contributed by atoms with Gasteiger partial charge in [-0.1, -0.05) is 43.6 Å². The van der Waals surface area contributed by atoms with Crippen LogP contribution >= 0.6 is 11.6 Å². The summed E-state index contributed by atoms with van der Waals surface area (Å²) in [6.45, 7) is 4.32. The highest BCUT2D eigenvalue weighted by Crippen LogP contribution is 2.28. The molecule has 2 aromatic carbocycles. The summed E-state index contributed by atoms with van der Waals surface area (Å²) in [6.07, 6.45) is 0.722. The highest BCUT2D eigenvalue weighted by Gasteiger charge is 2.33. The first kappa shape index (κ1) is 23.6. The van der Waals surface area contributed by atoms with Crippen LogP contribution in [0.25, 0.3) is 0 Å². The second-order valence-electron chi connectivity index (χ2n) is 8.34. The Kier molecular flexibility index (Phi) is 7.03. The van der Waals surface area contributed by atoms with Crippen molar-refractivity contribution in [3.05, 3.63) is 64.7 Å². The molecule has 0 unspecified atom stereocenters. The minimum Gasteiger partial charge on any atom is -0.355 e. The lowest BCUT2D eigenvalue weighted by atomic mass is 9.84. The van der Waals surface area contributed by atoms with Crippen molar-refractivity contribution in [1.82, 2.24) is 9.62 Å². The van der Waals surface area contributed by atoms with Gasteiger partial charge in [-0.25, -0.2) is 17.2 Å². The second kappa shape index (κ2) is 9.22. The predicted octanol–water partition coefficient (Wildman–Crippen LogP) is 4.11. The number of benzene rings is 2. The van der Waals surface area contributed by atoms with Crippen LogP contribution in [0.2, 0.25) is 5.02 Å². The normalized spacial score (nSPS) is 16.3. The van der Waals surface area contributed by atoms with Crippen LogP contribution in [0, 0.1) is 17.6 Å². The van der Waals surface area contributed by atoms with Crippen LogP contribution in [-0.2, 0) is 20.2 Å². The molecule has 168 valence electrons. The Morgan fingerprint density at radius 1 is 1.13 bits per heavy atom. The second-order valence-corrected chi connectivity index (χ2v) is 10.7. The zero-order valence-electron chi connectivity index (χ0n) is 17.4. The fourth-order valence-electron chi connectivity index (χ4n) is 3.70. The molecule has 5 nitrogen and oxygen atoms in total. The van der Waals surface area contributed by atoms with Gasteiger partial charge in [0, 0.05) is 31.0 Å². The molecule has 1 aliphatic heterocycles. The largest absolute Gasteiger partial charge is 0.355 e. The van der Waals surface area contributed by atoms with Crippen LogP contribution in [0.15, 0.2) is 47.4 Å². The summed E-state index contributed by atoms with van der Waals surface area (Å²) in [5.41, 5.74) is -0.0680. The molecule has 0 atom stereocenters. The van der Waals surface area contributed by atoms with Gasteiger partial charge in [-0.05, 0) is 42.7 Å². The SMILES string of the molecule is CC(C)(CNC(=O)C1CCN(S(=O)(=O)c2ccc(F)c(Cl)c2)CC1)c1ccccc1F. The predicted molar refractivity (Wildman–Crippen MR) is 115 cm³/mol. The first-order valence-electron chi connectivity index (χ1n) is 10.0. The lowest BCUT2D eigenvalue weighted by molar-refractivity contribution is -0.126. The number of carbonyl (C=O) groups is 1. The van der Waals surface area contributed by atoms with E-state index in [2.05, 4.69) is 5.32 Å². The molecular weight excluding hydrogens is 446 g/mol. The molecular formula is C22H25ClF2N2O3S. The average Bonchev–Trinajstić information content (AvgIpc) is 2.74. The standard InChI is InChI=1S/C22H25ClF2N2O3S/c1-22(2,17-5-3-4-6-19(17)24)14-26-21(28)15-9-11-27(12-10-15)31(29,30)16-7-8-20(25)18(23)13-16/h3-8,13,15H,9-12,14H2,1-2H3,(H,26,28).